The number of hydrogen-bond donors (Lipinski definition) is 1. The number of carbonyl (C=O) groups is 2. The summed E-state index contributed by atoms with van der Waals surface area (Å²) in [7, 11) is 0. The lowest BCUT2D eigenvalue weighted by Crippen LogP contribution is -2.43. The summed E-state index contributed by atoms with van der Waals surface area (Å²) >= 11 is 0. The van der Waals surface area contributed by atoms with Crippen molar-refractivity contribution in [3.05, 3.63) is 65.5 Å². The van der Waals surface area contributed by atoms with Gasteiger partial charge in [-0.25, -0.2) is 4.39 Å². The predicted molar refractivity (Wildman–Crippen MR) is 118 cm³/mol. The van der Waals surface area contributed by atoms with Gasteiger partial charge in [0, 0.05) is 24.7 Å². The lowest BCUT2D eigenvalue weighted by atomic mass is 9.92. The molecule has 1 unspecified atom stereocenters. The smallest absolute Gasteiger partial charge is 0.229 e. The van der Waals surface area contributed by atoms with Gasteiger partial charge < -0.3 is 10.2 Å². The average molecular weight is 411 g/mol. The molecule has 0 bridgehead atoms. The molecular weight excluding hydrogens is 379 g/mol. The summed E-state index contributed by atoms with van der Waals surface area (Å²) < 4.78 is 13.0. The topological polar surface area (TPSA) is 49.4 Å². The fraction of sp³-hybridized carbons (Fsp3) is 0.440. The lowest BCUT2D eigenvalue weighted by molar-refractivity contribution is -0.135. The summed E-state index contributed by atoms with van der Waals surface area (Å²) in [6.45, 7) is 7.51. The second kappa shape index (κ2) is 9.88. The van der Waals surface area contributed by atoms with Gasteiger partial charge in [-0.05, 0) is 67.5 Å². The van der Waals surface area contributed by atoms with E-state index in [9.17, 15) is 14.0 Å². The van der Waals surface area contributed by atoms with Crippen molar-refractivity contribution in [2.45, 2.75) is 46.0 Å². The zero-order valence-electron chi connectivity index (χ0n) is 18.0. The van der Waals surface area contributed by atoms with E-state index in [-0.39, 0.29) is 29.5 Å². The van der Waals surface area contributed by atoms with E-state index < -0.39 is 0 Å². The normalized spacial score (nSPS) is 15.8. The first-order valence-electron chi connectivity index (χ1n) is 10.8. The first-order chi connectivity index (χ1) is 14.3. The van der Waals surface area contributed by atoms with E-state index >= 15 is 0 Å². The van der Waals surface area contributed by atoms with Gasteiger partial charge in [-0.2, -0.15) is 0 Å². The zero-order valence-corrected chi connectivity index (χ0v) is 18.0. The summed E-state index contributed by atoms with van der Waals surface area (Å²) in [5.74, 6) is -0.00104. The van der Waals surface area contributed by atoms with Gasteiger partial charge in [0.15, 0.2) is 0 Å². The Kier molecular flexibility index (Phi) is 7.24. The van der Waals surface area contributed by atoms with Crippen LogP contribution in [0.5, 0.6) is 0 Å². The number of carbonyl (C=O) groups excluding carboxylic acids is 2. The quantitative estimate of drug-likeness (QED) is 0.728. The highest BCUT2D eigenvalue weighted by Crippen LogP contribution is 2.25. The maximum Gasteiger partial charge on any atom is 0.229 e. The number of rotatable bonds is 6. The molecule has 1 saturated heterocycles. The van der Waals surface area contributed by atoms with E-state index in [0.717, 1.165) is 12.0 Å². The van der Waals surface area contributed by atoms with Crippen LogP contribution in [0.4, 0.5) is 10.1 Å². The molecule has 2 aromatic rings. The van der Waals surface area contributed by atoms with Crippen molar-refractivity contribution in [2.75, 3.05) is 18.4 Å². The maximum absolute atomic E-state index is 13.0. The molecule has 0 radical (unpaired) electrons. The zero-order chi connectivity index (χ0) is 21.7. The fourth-order valence-electron chi connectivity index (χ4n) is 3.97. The van der Waals surface area contributed by atoms with Crippen molar-refractivity contribution in [3.63, 3.8) is 0 Å². The SMILES string of the molecule is CC(C)Cc1ccc(C(C)C(=O)N2CCC(C(=O)Nc3ccc(F)cc3)CC2)cc1. The number of hydrogen-bond acceptors (Lipinski definition) is 2. The molecule has 1 aliphatic rings. The van der Waals surface area contributed by atoms with Gasteiger partial charge in [0.25, 0.3) is 0 Å². The number of nitrogens with one attached hydrogen (secondary N) is 1. The Hall–Kier alpha value is -2.69. The number of piperidine rings is 1. The van der Waals surface area contributed by atoms with E-state index in [1.165, 1.54) is 17.7 Å². The highest BCUT2D eigenvalue weighted by molar-refractivity contribution is 5.92. The minimum Gasteiger partial charge on any atom is -0.342 e. The van der Waals surface area contributed by atoms with Gasteiger partial charge in [0.05, 0.1) is 5.92 Å². The summed E-state index contributed by atoms with van der Waals surface area (Å²) in [5, 5.41) is 2.84. The van der Waals surface area contributed by atoms with Crippen LogP contribution in [0.3, 0.4) is 0 Å². The molecule has 1 N–H and O–H groups in total. The summed E-state index contributed by atoms with van der Waals surface area (Å²) in [5.41, 5.74) is 2.92. The number of halogens is 1. The van der Waals surface area contributed by atoms with E-state index in [0.29, 0.717) is 37.5 Å². The predicted octanol–water partition coefficient (Wildman–Crippen LogP) is 5.01. The Labute approximate surface area is 178 Å². The molecule has 1 aliphatic heterocycles. The van der Waals surface area contributed by atoms with Crippen molar-refractivity contribution in [3.8, 4) is 0 Å². The fourth-order valence-corrected chi connectivity index (χ4v) is 3.97. The van der Waals surface area contributed by atoms with Crippen LogP contribution < -0.4 is 5.32 Å². The Morgan fingerprint density at radius 3 is 2.17 bits per heavy atom. The molecule has 5 heteroatoms. The molecule has 0 spiro atoms. The van der Waals surface area contributed by atoms with Crippen molar-refractivity contribution < 1.29 is 14.0 Å². The summed E-state index contributed by atoms with van der Waals surface area (Å²) in [4.78, 5) is 27.3. The van der Waals surface area contributed by atoms with Crippen LogP contribution >= 0.6 is 0 Å². The number of nitrogens with zero attached hydrogens (tertiary/aromatic N) is 1. The molecule has 160 valence electrons. The molecular formula is C25H31FN2O2. The Morgan fingerprint density at radius 2 is 1.60 bits per heavy atom. The van der Waals surface area contributed by atoms with Crippen molar-refractivity contribution in [2.24, 2.45) is 11.8 Å². The number of amides is 2. The van der Waals surface area contributed by atoms with Crippen LogP contribution in [0.15, 0.2) is 48.5 Å². The monoisotopic (exact) mass is 410 g/mol. The number of likely N-dealkylation sites (tertiary alicyclic amines) is 1. The highest BCUT2D eigenvalue weighted by atomic mass is 19.1. The highest BCUT2D eigenvalue weighted by Gasteiger charge is 2.29. The minimum atomic E-state index is -0.330. The molecule has 3 rings (SSSR count). The van der Waals surface area contributed by atoms with Crippen molar-refractivity contribution in [1.82, 2.24) is 4.90 Å². The number of anilines is 1. The van der Waals surface area contributed by atoms with Gasteiger partial charge in [-0.3, -0.25) is 9.59 Å². The van der Waals surface area contributed by atoms with Crippen LogP contribution in [0.2, 0.25) is 0 Å². The lowest BCUT2D eigenvalue weighted by Gasteiger charge is -2.33. The van der Waals surface area contributed by atoms with E-state index in [2.05, 4.69) is 43.4 Å². The Morgan fingerprint density at radius 1 is 1.00 bits per heavy atom. The first-order valence-corrected chi connectivity index (χ1v) is 10.8. The van der Waals surface area contributed by atoms with Gasteiger partial charge in [-0.15, -0.1) is 0 Å². The van der Waals surface area contributed by atoms with Gasteiger partial charge >= 0.3 is 0 Å². The van der Waals surface area contributed by atoms with E-state index in [1.807, 2.05) is 11.8 Å². The molecule has 4 nitrogen and oxygen atoms in total. The van der Waals surface area contributed by atoms with Crippen LogP contribution in [0, 0.1) is 17.7 Å². The van der Waals surface area contributed by atoms with E-state index in [4.69, 9.17) is 0 Å². The summed E-state index contributed by atoms with van der Waals surface area (Å²) in [6, 6.07) is 14.1. The summed E-state index contributed by atoms with van der Waals surface area (Å²) in [6.07, 6.45) is 2.31. The molecule has 30 heavy (non-hydrogen) atoms. The molecule has 0 saturated carbocycles. The van der Waals surface area contributed by atoms with Gasteiger partial charge in [-0.1, -0.05) is 38.1 Å². The molecule has 0 aromatic heterocycles. The van der Waals surface area contributed by atoms with Crippen LogP contribution in [0.25, 0.3) is 0 Å². The number of benzene rings is 2. The second-order valence-corrected chi connectivity index (χ2v) is 8.66. The van der Waals surface area contributed by atoms with Crippen molar-refractivity contribution in [1.29, 1.82) is 0 Å². The van der Waals surface area contributed by atoms with Crippen molar-refractivity contribution >= 4 is 17.5 Å². The van der Waals surface area contributed by atoms with E-state index in [1.54, 1.807) is 12.1 Å². The van der Waals surface area contributed by atoms with Gasteiger partial charge in [0.2, 0.25) is 11.8 Å². The molecule has 2 aromatic carbocycles. The van der Waals surface area contributed by atoms with Crippen LogP contribution in [-0.4, -0.2) is 29.8 Å². The Bertz CT molecular complexity index is 854. The molecule has 1 atom stereocenters. The largest absolute Gasteiger partial charge is 0.342 e. The third-order valence-corrected chi connectivity index (χ3v) is 5.78. The second-order valence-electron chi connectivity index (χ2n) is 8.66. The average Bonchev–Trinajstić information content (AvgIpc) is 2.74. The van der Waals surface area contributed by atoms with Gasteiger partial charge in [0.1, 0.15) is 5.82 Å². The van der Waals surface area contributed by atoms with Crippen LogP contribution in [0.1, 0.15) is 50.7 Å². The standard InChI is InChI=1S/C25H31FN2O2/c1-17(2)16-19-4-6-20(7-5-19)18(3)25(30)28-14-12-21(13-15-28)24(29)27-23-10-8-22(26)9-11-23/h4-11,17-18,21H,12-16H2,1-3H3,(H,27,29). The Balaban J connectivity index is 1.51. The minimum absolute atomic E-state index is 0.0671. The molecule has 2 amide bonds. The van der Waals surface area contributed by atoms with Crippen LogP contribution in [-0.2, 0) is 16.0 Å². The molecule has 1 heterocycles. The third kappa shape index (κ3) is 5.68. The third-order valence-electron chi connectivity index (χ3n) is 5.78. The first kappa shape index (κ1) is 22.0. The molecule has 0 aliphatic carbocycles. The maximum atomic E-state index is 13.0. The molecule has 1 fully saturated rings.